The number of aliphatic hydroxyl groups is 1. The molecule has 0 aliphatic carbocycles. The maximum Gasteiger partial charge on any atom is 0.0900 e. The molecule has 1 N–H and O–H groups in total. The van der Waals surface area contributed by atoms with E-state index in [1.54, 1.807) is 0 Å². The van der Waals surface area contributed by atoms with Gasteiger partial charge in [0.2, 0.25) is 0 Å². The minimum absolute atomic E-state index is 0.352. The minimum atomic E-state index is -0.444. The number of likely N-dealkylation sites (tertiary alicyclic amines) is 1. The van der Waals surface area contributed by atoms with Crippen LogP contribution >= 0.6 is 0 Å². The fourth-order valence-corrected chi connectivity index (χ4v) is 2.75. The van der Waals surface area contributed by atoms with Crippen LogP contribution in [0, 0.1) is 12.3 Å². The zero-order valence-electron chi connectivity index (χ0n) is 12.9. The largest absolute Gasteiger partial charge is 0.389 e. The van der Waals surface area contributed by atoms with Crippen LogP contribution in [0.5, 0.6) is 0 Å². The zero-order valence-corrected chi connectivity index (χ0v) is 12.9. The number of piperidine rings is 1. The third-order valence-electron chi connectivity index (χ3n) is 3.99. The van der Waals surface area contributed by atoms with Crippen LogP contribution in [-0.4, -0.2) is 46.9 Å². The lowest BCUT2D eigenvalue weighted by Gasteiger charge is -2.40. The van der Waals surface area contributed by atoms with Gasteiger partial charge in [-0.05, 0) is 40.5 Å². The van der Waals surface area contributed by atoms with Crippen molar-refractivity contribution in [3.05, 3.63) is 0 Å². The summed E-state index contributed by atoms with van der Waals surface area (Å²) in [6.07, 6.45) is 9.17. The smallest absolute Gasteiger partial charge is 0.0900 e. The summed E-state index contributed by atoms with van der Waals surface area (Å²) in [4.78, 5) is 2.39. The number of ether oxygens (including phenoxy) is 1. The molecule has 3 nitrogen and oxygen atoms in total. The lowest BCUT2D eigenvalue weighted by atomic mass is 9.97. The highest BCUT2D eigenvalue weighted by Crippen LogP contribution is 2.23. The third kappa shape index (κ3) is 5.52. The molecule has 110 valence electrons. The average molecular weight is 267 g/mol. The van der Waals surface area contributed by atoms with Gasteiger partial charge < -0.3 is 9.84 Å². The van der Waals surface area contributed by atoms with Crippen molar-refractivity contribution in [2.24, 2.45) is 0 Å². The average Bonchev–Trinajstić information content (AvgIpc) is 2.32. The molecule has 0 bridgehead atoms. The SMILES string of the molecule is C#CCC(C)(C)OC[C@H](O)CN1[C@H](C)CCC[C@@H]1C. The molecule has 1 saturated heterocycles. The molecule has 0 amide bonds. The molecule has 1 fully saturated rings. The number of hydrogen-bond acceptors (Lipinski definition) is 3. The van der Waals surface area contributed by atoms with Crippen LogP contribution in [-0.2, 0) is 4.74 Å². The second kappa shape index (κ2) is 7.28. The molecule has 0 aromatic rings. The third-order valence-corrected chi connectivity index (χ3v) is 3.99. The van der Waals surface area contributed by atoms with E-state index in [2.05, 4.69) is 24.7 Å². The van der Waals surface area contributed by atoms with E-state index in [0.717, 1.165) is 0 Å². The monoisotopic (exact) mass is 267 g/mol. The molecule has 0 aromatic carbocycles. The van der Waals surface area contributed by atoms with E-state index in [1.165, 1.54) is 19.3 Å². The molecule has 1 heterocycles. The van der Waals surface area contributed by atoms with Gasteiger partial charge >= 0.3 is 0 Å². The zero-order chi connectivity index (χ0) is 14.5. The molecule has 0 spiro atoms. The van der Waals surface area contributed by atoms with Gasteiger partial charge in [-0.2, -0.15) is 0 Å². The van der Waals surface area contributed by atoms with Crippen molar-refractivity contribution in [1.29, 1.82) is 0 Å². The summed E-state index contributed by atoms with van der Waals surface area (Å²) in [5.74, 6) is 2.61. The second-order valence-electron chi connectivity index (χ2n) is 6.43. The van der Waals surface area contributed by atoms with Gasteiger partial charge in [0.1, 0.15) is 0 Å². The molecular formula is C16H29NO2. The van der Waals surface area contributed by atoms with E-state index < -0.39 is 6.10 Å². The first-order valence-electron chi connectivity index (χ1n) is 7.37. The molecule has 1 aliphatic heterocycles. The number of hydrogen-bond donors (Lipinski definition) is 1. The van der Waals surface area contributed by atoms with Crippen LogP contribution in [0.3, 0.4) is 0 Å². The number of terminal acetylenes is 1. The van der Waals surface area contributed by atoms with Gasteiger partial charge in [0.15, 0.2) is 0 Å². The Morgan fingerprint density at radius 3 is 2.47 bits per heavy atom. The summed E-state index contributed by atoms with van der Waals surface area (Å²) in [5, 5.41) is 10.2. The van der Waals surface area contributed by atoms with Crippen molar-refractivity contribution < 1.29 is 9.84 Å². The topological polar surface area (TPSA) is 32.7 Å². The normalized spacial score (nSPS) is 26.9. The Morgan fingerprint density at radius 2 is 1.95 bits per heavy atom. The Balaban J connectivity index is 2.38. The molecule has 0 radical (unpaired) electrons. The van der Waals surface area contributed by atoms with E-state index >= 15 is 0 Å². The quantitative estimate of drug-likeness (QED) is 0.750. The standard InChI is InChI=1S/C16H29NO2/c1-6-10-16(4,5)19-12-15(18)11-17-13(2)8-7-9-14(17)3/h1,13-15,18H,7-12H2,2-5H3/t13-,14+,15-/m1/s1. The van der Waals surface area contributed by atoms with Gasteiger partial charge in [0.25, 0.3) is 0 Å². The van der Waals surface area contributed by atoms with E-state index in [9.17, 15) is 5.11 Å². The molecule has 19 heavy (non-hydrogen) atoms. The fourth-order valence-electron chi connectivity index (χ4n) is 2.75. The first-order chi connectivity index (χ1) is 8.85. The highest BCUT2D eigenvalue weighted by Gasteiger charge is 2.27. The summed E-state index contributed by atoms with van der Waals surface area (Å²) in [5.41, 5.74) is -0.352. The Morgan fingerprint density at radius 1 is 1.37 bits per heavy atom. The van der Waals surface area contributed by atoms with Gasteiger partial charge in [0, 0.05) is 25.0 Å². The van der Waals surface area contributed by atoms with E-state index in [1.807, 2.05) is 13.8 Å². The van der Waals surface area contributed by atoms with Crippen LogP contribution in [0.15, 0.2) is 0 Å². The first-order valence-corrected chi connectivity index (χ1v) is 7.37. The molecular weight excluding hydrogens is 238 g/mol. The van der Waals surface area contributed by atoms with Gasteiger partial charge in [-0.25, -0.2) is 0 Å². The summed E-state index contributed by atoms with van der Waals surface area (Å²) >= 11 is 0. The molecule has 3 heteroatoms. The van der Waals surface area contributed by atoms with Crippen LogP contribution in [0.2, 0.25) is 0 Å². The second-order valence-corrected chi connectivity index (χ2v) is 6.43. The Hall–Kier alpha value is -0.560. The molecule has 0 saturated carbocycles. The molecule has 1 aliphatic rings. The van der Waals surface area contributed by atoms with Crippen molar-refractivity contribution >= 4 is 0 Å². The molecule has 1 rings (SSSR count). The van der Waals surface area contributed by atoms with Crippen molar-refractivity contribution in [3.8, 4) is 12.3 Å². The predicted octanol–water partition coefficient (Wildman–Crippen LogP) is 2.43. The fraction of sp³-hybridized carbons (Fsp3) is 0.875. The van der Waals surface area contributed by atoms with Crippen molar-refractivity contribution in [2.75, 3.05) is 13.2 Å². The maximum atomic E-state index is 10.2. The number of rotatable bonds is 6. The predicted molar refractivity (Wildman–Crippen MR) is 79.0 cm³/mol. The highest BCUT2D eigenvalue weighted by molar-refractivity contribution is 4.92. The summed E-state index contributed by atoms with van der Waals surface area (Å²) in [6, 6.07) is 1.11. The number of aliphatic hydroxyl groups excluding tert-OH is 1. The molecule has 3 atom stereocenters. The first kappa shape index (κ1) is 16.5. The van der Waals surface area contributed by atoms with Crippen molar-refractivity contribution in [3.63, 3.8) is 0 Å². The lowest BCUT2D eigenvalue weighted by molar-refractivity contribution is -0.0705. The molecule has 0 unspecified atom stereocenters. The van der Waals surface area contributed by atoms with Crippen molar-refractivity contribution in [1.82, 2.24) is 4.90 Å². The van der Waals surface area contributed by atoms with Crippen LogP contribution in [0.1, 0.15) is 53.4 Å². The van der Waals surface area contributed by atoms with Gasteiger partial charge in [0.05, 0.1) is 18.3 Å². The van der Waals surface area contributed by atoms with E-state index in [-0.39, 0.29) is 5.60 Å². The molecule has 0 aromatic heterocycles. The van der Waals surface area contributed by atoms with Gasteiger partial charge in [-0.3, -0.25) is 4.90 Å². The van der Waals surface area contributed by atoms with Gasteiger partial charge in [-0.15, -0.1) is 12.3 Å². The summed E-state index contributed by atoms with van der Waals surface area (Å²) in [7, 11) is 0. The Labute approximate surface area is 118 Å². The van der Waals surface area contributed by atoms with Crippen molar-refractivity contribution in [2.45, 2.75) is 77.2 Å². The van der Waals surface area contributed by atoms with Crippen LogP contribution in [0.25, 0.3) is 0 Å². The van der Waals surface area contributed by atoms with Crippen LogP contribution < -0.4 is 0 Å². The summed E-state index contributed by atoms with van der Waals surface area (Å²) < 4.78 is 5.72. The summed E-state index contributed by atoms with van der Waals surface area (Å²) in [6.45, 7) is 9.45. The van der Waals surface area contributed by atoms with Crippen LogP contribution in [0.4, 0.5) is 0 Å². The van der Waals surface area contributed by atoms with E-state index in [4.69, 9.17) is 11.2 Å². The lowest BCUT2D eigenvalue weighted by Crippen LogP contribution is -2.48. The van der Waals surface area contributed by atoms with Gasteiger partial charge in [-0.1, -0.05) is 6.42 Å². The maximum absolute atomic E-state index is 10.2. The Bertz CT molecular complexity index is 298. The highest BCUT2D eigenvalue weighted by atomic mass is 16.5. The van der Waals surface area contributed by atoms with E-state index in [0.29, 0.717) is 31.7 Å². The number of β-amino-alcohol motifs (C(OH)–C–C–N with tert-alkyl or cyclic N) is 1. The Kier molecular flexibility index (Phi) is 6.32. The minimum Gasteiger partial charge on any atom is -0.389 e. The number of nitrogens with zero attached hydrogens (tertiary/aromatic N) is 1.